The number of carbonyl (C=O) groups excluding carboxylic acids is 1. The number of furan rings is 1. The predicted molar refractivity (Wildman–Crippen MR) is 170 cm³/mol. The molecular weight excluding hydrogens is 647 g/mol. The van der Waals surface area contributed by atoms with Crippen LogP contribution in [0.15, 0.2) is 111 Å². The quantitative estimate of drug-likeness (QED) is 0.150. The minimum atomic E-state index is -0.335. The molecule has 6 rings (SSSR count). The van der Waals surface area contributed by atoms with Crippen molar-refractivity contribution >= 4 is 62.3 Å². The molecule has 42 heavy (non-hydrogen) atoms. The zero-order valence-electron chi connectivity index (χ0n) is 22.3. The van der Waals surface area contributed by atoms with Crippen molar-refractivity contribution in [2.45, 2.75) is 0 Å². The molecule has 0 aliphatic rings. The molecular formula is C32H23IN4O5. The van der Waals surface area contributed by atoms with Crippen molar-refractivity contribution in [3.63, 3.8) is 0 Å². The van der Waals surface area contributed by atoms with E-state index in [-0.39, 0.29) is 23.9 Å². The lowest BCUT2D eigenvalue weighted by molar-refractivity contribution is -0.118. The normalized spacial score (nSPS) is 11.3. The van der Waals surface area contributed by atoms with Gasteiger partial charge < -0.3 is 19.2 Å². The topological polar surface area (TPSA) is 108 Å². The number of rotatable bonds is 8. The Morgan fingerprint density at radius 1 is 0.976 bits per heavy atom. The van der Waals surface area contributed by atoms with Crippen LogP contribution in [0.25, 0.3) is 33.5 Å². The monoisotopic (exact) mass is 670 g/mol. The van der Waals surface area contributed by atoms with Gasteiger partial charge in [-0.25, -0.2) is 4.98 Å². The van der Waals surface area contributed by atoms with Crippen LogP contribution >= 0.6 is 22.6 Å². The highest BCUT2D eigenvalue weighted by Gasteiger charge is 2.18. The lowest BCUT2D eigenvalue weighted by Crippen LogP contribution is -2.20. The van der Waals surface area contributed by atoms with Gasteiger partial charge in [-0.1, -0.05) is 36.4 Å². The summed E-state index contributed by atoms with van der Waals surface area (Å²) in [6.45, 7) is -0.137. The number of methoxy groups -OCH3 is 1. The number of aromatic nitrogens is 2. The van der Waals surface area contributed by atoms with Crippen molar-refractivity contribution in [3.05, 3.63) is 117 Å². The maximum Gasteiger partial charge on any atom is 0.282 e. The number of amides is 1. The van der Waals surface area contributed by atoms with Gasteiger partial charge in [0, 0.05) is 5.69 Å². The molecule has 0 radical (unpaired) electrons. The van der Waals surface area contributed by atoms with E-state index in [9.17, 15) is 9.59 Å². The molecule has 1 N–H and O–H groups in total. The molecule has 6 aromatic rings. The average molecular weight is 670 g/mol. The Labute approximate surface area is 253 Å². The molecule has 10 heteroatoms. The average Bonchev–Trinajstić information content (AvgIpc) is 3.45. The van der Waals surface area contributed by atoms with E-state index in [1.54, 1.807) is 49.7 Å². The first-order valence-electron chi connectivity index (χ1n) is 12.9. The SMILES string of the molecule is COc1cccc2oc(-c3nc4ccccc4c(=O)n3N=Cc3ccc(OCC(=O)Nc4ccccc4)c(I)c3)cc12. The number of para-hydroxylation sites is 2. The van der Waals surface area contributed by atoms with Gasteiger partial charge in [0.1, 0.15) is 17.1 Å². The largest absolute Gasteiger partial charge is 0.496 e. The van der Waals surface area contributed by atoms with Crippen LogP contribution in [0.4, 0.5) is 5.69 Å². The van der Waals surface area contributed by atoms with Crippen LogP contribution in [0.2, 0.25) is 0 Å². The Bertz CT molecular complexity index is 2020. The van der Waals surface area contributed by atoms with Crippen LogP contribution in [-0.4, -0.2) is 35.5 Å². The van der Waals surface area contributed by atoms with E-state index in [2.05, 4.69) is 33.0 Å². The molecule has 0 atom stereocenters. The fourth-order valence-corrected chi connectivity index (χ4v) is 5.11. The molecule has 0 bridgehead atoms. The van der Waals surface area contributed by atoms with Crippen molar-refractivity contribution in [3.8, 4) is 23.1 Å². The van der Waals surface area contributed by atoms with Crippen LogP contribution in [0, 0.1) is 3.57 Å². The first-order chi connectivity index (χ1) is 20.5. The maximum atomic E-state index is 13.6. The minimum Gasteiger partial charge on any atom is -0.496 e. The number of benzene rings is 4. The van der Waals surface area contributed by atoms with Gasteiger partial charge in [0.15, 0.2) is 12.4 Å². The Morgan fingerprint density at radius 2 is 1.79 bits per heavy atom. The number of fused-ring (bicyclic) bond motifs is 2. The molecule has 9 nitrogen and oxygen atoms in total. The van der Waals surface area contributed by atoms with E-state index in [1.807, 2.05) is 60.7 Å². The summed E-state index contributed by atoms with van der Waals surface area (Å²) < 4.78 is 19.3. The van der Waals surface area contributed by atoms with Crippen LogP contribution < -0.4 is 20.3 Å². The molecule has 4 aromatic carbocycles. The Morgan fingerprint density at radius 3 is 2.60 bits per heavy atom. The van der Waals surface area contributed by atoms with Crippen molar-refractivity contribution in [2.24, 2.45) is 5.10 Å². The number of nitrogens with one attached hydrogen (secondary N) is 1. The molecule has 2 aromatic heterocycles. The smallest absolute Gasteiger partial charge is 0.282 e. The zero-order valence-corrected chi connectivity index (χ0v) is 24.4. The number of anilines is 1. The number of ether oxygens (including phenoxy) is 2. The molecule has 0 saturated heterocycles. The predicted octanol–water partition coefficient (Wildman–Crippen LogP) is 6.32. The molecule has 0 aliphatic heterocycles. The molecule has 0 saturated carbocycles. The molecule has 0 fully saturated rings. The second-order valence-corrected chi connectivity index (χ2v) is 10.4. The summed E-state index contributed by atoms with van der Waals surface area (Å²) in [5.74, 6) is 1.57. The fraction of sp³-hybridized carbons (Fsp3) is 0.0625. The molecule has 0 spiro atoms. The molecule has 1 amide bonds. The fourth-order valence-electron chi connectivity index (χ4n) is 4.41. The Hall–Kier alpha value is -4.97. The van der Waals surface area contributed by atoms with Gasteiger partial charge in [-0.3, -0.25) is 9.59 Å². The van der Waals surface area contributed by atoms with Crippen molar-refractivity contribution in [1.29, 1.82) is 0 Å². The van der Waals surface area contributed by atoms with Crippen LogP contribution in [-0.2, 0) is 4.79 Å². The first kappa shape index (κ1) is 27.2. The molecule has 208 valence electrons. The summed E-state index contributed by atoms with van der Waals surface area (Å²) in [4.78, 5) is 30.6. The van der Waals surface area contributed by atoms with E-state index >= 15 is 0 Å². The highest BCUT2D eigenvalue weighted by Crippen LogP contribution is 2.33. The highest BCUT2D eigenvalue weighted by molar-refractivity contribution is 14.1. The van der Waals surface area contributed by atoms with E-state index in [4.69, 9.17) is 18.9 Å². The van der Waals surface area contributed by atoms with E-state index < -0.39 is 0 Å². The van der Waals surface area contributed by atoms with E-state index in [0.717, 1.165) is 14.5 Å². The molecule has 0 unspecified atom stereocenters. The van der Waals surface area contributed by atoms with Gasteiger partial charge in [0.25, 0.3) is 11.5 Å². The summed E-state index contributed by atoms with van der Waals surface area (Å²) in [5.41, 5.74) is 2.22. The van der Waals surface area contributed by atoms with Crippen molar-refractivity contribution in [2.75, 3.05) is 19.0 Å². The molecule has 0 aliphatic carbocycles. The standard InChI is InChI=1S/C32H23IN4O5/c1-40-26-12-7-13-27-23(26)17-29(42-27)31-36-25-11-6-5-10-22(25)32(39)37(31)34-18-20-14-15-28(24(33)16-20)41-19-30(38)35-21-8-3-2-4-9-21/h2-18H,19H2,1H3,(H,35,38). The number of nitrogens with zero attached hydrogens (tertiary/aromatic N) is 3. The Balaban J connectivity index is 1.29. The lowest BCUT2D eigenvalue weighted by Gasteiger charge is -2.10. The summed E-state index contributed by atoms with van der Waals surface area (Å²) in [5, 5.41) is 8.51. The number of hydrogen-bond acceptors (Lipinski definition) is 7. The Kier molecular flexibility index (Phi) is 7.69. The molecule has 2 heterocycles. The highest BCUT2D eigenvalue weighted by atomic mass is 127. The van der Waals surface area contributed by atoms with Gasteiger partial charge in [-0.2, -0.15) is 9.78 Å². The summed E-state index contributed by atoms with van der Waals surface area (Å²) in [7, 11) is 1.59. The second kappa shape index (κ2) is 11.9. The summed E-state index contributed by atoms with van der Waals surface area (Å²) in [6, 6.07) is 29.0. The third-order valence-corrected chi connectivity index (χ3v) is 7.25. The van der Waals surface area contributed by atoms with Gasteiger partial charge in [-0.05, 0) is 88.8 Å². The summed E-state index contributed by atoms with van der Waals surface area (Å²) in [6.07, 6.45) is 1.57. The number of hydrogen-bond donors (Lipinski definition) is 1. The van der Waals surface area contributed by atoms with Crippen LogP contribution in [0.5, 0.6) is 11.5 Å². The van der Waals surface area contributed by atoms with Crippen LogP contribution in [0.1, 0.15) is 5.56 Å². The van der Waals surface area contributed by atoms with E-state index in [0.29, 0.717) is 39.4 Å². The van der Waals surface area contributed by atoms with Crippen molar-refractivity contribution < 1.29 is 18.7 Å². The lowest BCUT2D eigenvalue weighted by atomic mass is 10.2. The maximum absolute atomic E-state index is 13.6. The van der Waals surface area contributed by atoms with Gasteiger partial charge >= 0.3 is 0 Å². The van der Waals surface area contributed by atoms with Gasteiger partial charge in [-0.15, -0.1) is 0 Å². The first-order valence-corrected chi connectivity index (χ1v) is 14.0. The summed E-state index contributed by atoms with van der Waals surface area (Å²) >= 11 is 2.13. The number of carbonyl (C=O) groups is 1. The second-order valence-electron chi connectivity index (χ2n) is 9.19. The van der Waals surface area contributed by atoms with Crippen molar-refractivity contribution in [1.82, 2.24) is 9.66 Å². The number of halogens is 1. The minimum absolute atomic E-state index is 0.137. The third kappa shape index (κ3) is 5.61. The van der Waals surface area contributed by atoms with E-state index in [1.165, 1.54) is 4.68 Å². The van der Waals surface area contributed by atoms with Gasteiger partial charge in [0.2, 0.25) is 5.82 Å². The third-order valence-electron chi connectivity index (χ3n) is 6.41. The zero-order chi connectivity index (χ0) is 29.1. The van der Waals surface area contributed by atoms with Crippen LogP contribution in [0.3, 0.4) is 0 Å². The van der Waals surface area contributed by atoms with Gasteiger partial charge in [0.05, 0.1) is 33.2 Å².